The summed E-state index contributed by atoms with van der Waals surface area (Å²) in [6, 6.07) is 0. The molecular weight excluding hydrogens is 206 g/mol. The molecule has 2 heterocycles. The summed E-state index contributed by atoms with van der Waals surface area (Å²) in [6.07, 6.45) is 3.04. The summed E-state index contributed by atoms with van der Waals surface area (Å²) in [5.41, 5.74) is 0. The number of aromatic nitrogens is 2. The van der Waals surface area contributed by atoms with Gasteiger partial charge in [0.2, 0.25) is 0 Å². The molecule has 0 amide bonds. The van der Waals surface area contributed by atoms with E-state index in [1.807, 2.05) is 0 Å². The number of aliphatic carboxylic acids is 1. The molecule has 0 bridgehead atoms. The lowest BCUT2D eigenvalue weighted by Gasteiger charge is -2.37. The van der Waals surface area contributed by atoms with Gasteiger partial charge in [0.25, 0.3) is 0 Å². The summed E-state index contributed by atoms with van der Waals surface area (Å²) in [5.74, 6) is -0.527. The third-order valence-electron chi connectivity index (χ3n) is 2.17. The van der Waals surface area contributed by atoms with Crippen LogP contribution < -0.4 is 4.90 Å². The van der Waals surface area contributed by atoms with E-state index in [1.165, 1.54) is 12.4 Å². The van der Waals surface area contributed by atoms with Gasteiger partial charge in [-0.1, -0.05) is 11.6 Å². The lowest BCUT2D eigenvalue weighted by atomic mass is 10.0. The van der Waals surface area contributed by atoms with Crippen LogP contribution in [-0.2, 0) is 4.79 Å². The Morgan fingerprint density at radius 1 is 1.50 bits per heavy atom. The number of hydrogen-bond donors (Lipinski definition) is 1. The lowest BCUT2D eigenvalue weighted by molar-refractivity contribution is -0.142. The molecular formula is C8H8ClN3O2. The maximum absolute atomic E-state index is 10.5. The van der Waals surface area contributed by atoms with Crippen LogP contribution in [0.5, 0.6) is 0 Å². The molecule has 0 unspecified atom stereocenters. The molecule has 0 aromatic carbocycles. The fourth-order valence-electron chi connectivity index (χ4n) is 1.33. The van der Waals surface area contributed by atoms with Crippen molar-refractivity contribution in [1.29, 1.82) is 0 Å². The van der Waals surface area contributed by atoms with E-state index in [0.717, 1.165) is 0 Å². The average molecular weight is 214 g/mol. The number of anilines is 1. The fraction of sp³-hybridized carbons (Fsp3) is 0.375. The molecule has 1 aromatic heterocycles. The Hall–Kier alpha value is -1.36. The van der Waals surface area contributed by atoms with E-state index in [9.17, 15) is 4.79 Å². The molecule has 1 aromatic rings. The maximum Gasteiger partial charge on any atom is 0.310 e. The summed E-state index contributed by atoms with van der Waals surface area (Å²) < 4.78 is 0. The number of halogens is 1. The van der Waals surface area contributed by atoms with Crippen LogP contribution in [0.4, 0.5) is 5.82 Å². The first-order valence-electron chi connectivity index (χ1n) is 4.12. The molecule has 6 heteroatoms. The third-order valence-corrected chi connectivity index (χ3v) is 2.43. The van der Waals surface area contributed by atoms with Crippen LogP contribution >= 0.6 is 11.6 Å². The molecule has 1 fully saturated rings. The summed E-state index contributed by atoms with van der Waals surface area (Å²) in [4.78, 5) is 20.2. The van der Waals surface area contributed by atoms with Crippen molar-refractivity contribution in [2.45, 2.75) is 0 Å². The minimum atomic E-state index is -0.777. The Labute approximate surface area is 85.3 Å². The number of rotatable bonds is 2. The Morgan fingerprint density at radius 3 is 2.71 bits per heavy atom. The molecule has 5 nitrogen and oxygen atoms in total. The number of hydrogen-bond acceptors (Lipinski definition) is 4. The zero-order chi connectivity index (χ0) is 10.1. The van der Waals surface area contributed by atoms with Gasteiger partial charge >= 0.3 is 5.97 Å². The highest BCUT2D eigenvalue weighted by Gasteiger charge is 2.34. The number of carboxylic acid groups (broad SMARTS) is 1. The third kappa shape index (κ3) is 1.50. The van der Waals surface area contributed by atoms with Gasteiger partial charge < -0.3 is 10.0 Å². The molecule has 0 aliphatic carbocycles. The molecule has 74 valence electrons. The fourth-order valence-corrected chi connectivity index (χ4v) is 1.56. The van der Waals surface area contributed by atoms with E-state index < -0.39 is 5.97 Å². The van der Waals surface area contributed by atoms with Crippen LogP contribution in [0, 0.1) is 5.92 Å². The quantitative estimate of drug-likeness (QED) is 0.782. The first kappa shape index (κ1) is 9.21. The molecule has 2 rings (SSSR count). The molecule has 1 saturated heterocycles. The highest BCUT2D eigenvalue weighted by atomic mass is 35.5. The van der Waals surface area contributed by atoms with Crippen molar-refractivity contribution in [2.24, 2.45) is 5.92 Å². The zero-order valence-corrected chi connectivity index (χ0v) is 7.98. The molecule has 1 N–H and O–H groups in total. The van der Waals surface area contributed by atoms with Gasteiger partial charge in [-0.15, -0.1) is 0 Å². The minimum Gasteiger partial charge on any atom is -0.481 e. The van der Waals surface area contributed by atoms with Crippen LogP contribution in [0.25, 0.3) is 0 Å². The number of carboxylic acids is 1. The topological polar surface area (TPSA) is 66.3 Å². The summed E-state index contributed by atoms with van der Waals surface area (Å²) >= 11 is 5.80. The second-order valence-electron chi connectivity index (χ2n) is 3.11. The van der Waals surface area contributed by atoms with Crippen molar-refractivity contribution in [3.63, 3.8) is 0 Å². The van der Waals surface area contributed by atoms with Gasteiger partial charge in [0.05, 0.1) is 5.92 Å². The lowest BCUT2D eigenvalue weighted by Crippen LogP contribution is -2.51. The van der Waals surface area contributed by atoms with Gasteiger partial charge in [0.15, 0.2) is 11.0 Å². The maximum atomic E-state index is 10.5. The SMILES string of the molecule is O=C(O)C1CN(c2nccnc2Cl)C1. The first-order valence-corrected chi connectivity index (χ1v) is 4.50. The van der Waals surface area contributed by atoms with Crippen molar-refractivity contribution < 1.29 is 9.90 Å². The number of carbonyl (C=O) groups is 1. The molecule has 0 radical (unpaired) electrons. The molecule has 0 atom stereocenters. The van der Waals surface area contributed by atoms with Gasteiger partial charge in [-0.25, -0.2) is 9.97 Å². The van der Waals surface area contributed by atoms with Crippen LogP contribution in [0.15, 0.2) is 12.4 Å². The van der Waals surface area contributed by atoms with Crippen molar-refractivity contribution in [3.8, 4) is 0 Å². The van der Waals surface area contributed by atoms with E-state index >= 15 is 0 Å². The van der Waals surface area contributed by atoms with E-state index in [2.05, 4.69) is 9.97 Å². The standard InChI is InChI=1S/C8H8ClN3O2/c9-6-7(11-2-1-10-6)12-3-5(4-12)8(13)14/h1-2,5H,3-4H2,(H,13,14). The normalized spacial score (nSPS) is 16.5. The Bertz CT molecular complexity index is 365. The van der Waals surface area contributed by atoms with Gasteiger partial charge in [-0.3, -0.25) is 4.79 Å². The monoisotopic (exact) mass is 213 g/mol. The predicted octanol–water partition coefficient (Wildman–Crippen LogP) is 0.651. The molecule has 0 saturated carbocycles. The van der Waals surface area contributed by atoms with Crippen molar-refractivity contribution in [3.05, 3.63) is 17.5 Å². The van der Waals surface area contributed by atoms with Gasteiger partial charge in [-0.05, 0) is 0 Å². The van der Waals surface area contributed by atoms with Gasteiger partial charge in [0, 0.05) is 25.5 Å². The largest absolute Gasteiger partial charge is 0.481 e. The van der Waals surface area contributed by atoms with Crippen LogP contribution in [0.2, 0.25) is 5.15 Å². The van der Waals surface area contributed by atoms with E-state index in [0.29, 0.717) is 24.1 Å². The predicted molar refractivity (Wildman–Crippen MR) is 50.4 cm³/mol. The zero-order valence-electron chi connectivity index (χ0n) is 7.22. The molecule has 1 aliphatic heterocycles. The van der Waals surface area contributed by atoms with Crippen LogP contribution in [0.1, 0.15) is 0 Å². The Kier molecular flexibility index (Phi) is 2.25. The van der Waals surface area contributed by atoms with Crippen molar-refractivity contribution in [1.82, 2.24) is 9.97 Å². The van der Waals surface area contributed by atoms with Crippen LogP contribution in [0.3, 0.4) is 0 Å². The summed E-state index contributed by atoms with van der Waals surface area (Å²) in [7, 11) is 0. The van der Waals surface area contributed by atoms with Gasteiger partial charge in [-0.2, -0.15) is 0 Å². The second-order valence-corrected chi connectivity index (χ2v) is 3.47. The van der Waals surface area contributed by atoms with Crippen LogP contribution in [-0.4, -0.2) is 34.1 Å². The first-order chi connectivity index (χ1) is 6.68. The summed E-state index contributed by atoms with van der Waals surface area (Å²) in [5, 5.41) is 8.99. The second kappa shape index (κ2) is 3.42. The highest BCUT2D eigenvalue weighted by Crippen LogP contribution is 2.27. The van der Waals surface area contributed by atoms with Crippen molar-refractivity contribution in [2.75, 3.05) is 18.0 Å². The van der Waals surface area contributed by atoms with Crippen molar-refractivity contribution >= 4 is 23.4 Å². The average Bonchev–Trinajstić information content (AvgIpc) is 2.05. The highest BCUT2D eigenvalue weighted by molar-refractivity contribution is 6.31. The van der Waals surface area contributed by atoms with E-state index in [4.69, 9.17) is 16.7 Å². The van der Waals surface area contributed by atoms with Gasteiger partial charge in [0.1, 0.15) is 0 Å². The van der Waals surface area contributed by atoms with E-state index in [1.54, 1.807) is 4.90 Å². The minimum absolute atomic E-state index is 0.312. The summed E-state index contributed by atoms with van der Waals surface area (Å²) in [6.45, 7) is 0.904. The molecule has 14 heavy (non-hydrogen) atoms. The molecule has 0 spiro atoms. The molecule has 1 aliphatic rings. The van der Waals surface area contributed by atoms with E-state index in [-0.39, 0.29) is 5.92 Å². The number of nitrogens with zero attached hydrogens (tertiary/aromatic N) is 3. The Balaban J connectivity index is 2.07. The Morgan fingerprint density at radius 2 is 2.14 bits per heavy atom. The smallest absolute Gasteiger partial charge is 0.310 e.